The Morgan fingerprint density at radius 1 is 1.14 bits per heavy atom. The van der Waals surface area contributed by atoms with Crippen LogP contribution in [0.15, 0.2) is 36.4 Å². The molecule has 2 unspecified atom stereocenters. The van der Waals surface area contributed by atoms with E-state index in [2.05, 4.69) is 15.3 Å². The highest BCUT2D eigenvalue weighted by atomic mass is 16.6. The van der Waals surface area contributed by atoms with Crippen molar-refractivity contribution in [2.24, 2.45) is 0 Å². The van der Waals surface area contributed by atoms with Crippen molar-refractivity contribution in [3.05, 3.63) is 42.1 Å². The Bertz CT molecular complexity index is 1090. The second kappa shape index (κ2) is 12.5. The third-order valence-corrected chi connectivity index (χ3v) is 6.05. The number of hydrogen-bond acceptors (Lipinski definition) is 9. The molecule has 4 rings (SSSR count). The van der Waals surface area contributed by atoms with Crippen LogP contribution in [0.2, 0.25) is 0 Å². The Morgan fingerprint density at radius 3 is 2.51 bits per heavy atom. The van der Waals surface area contributed by atoms with E-state index in [4.69, 9.17) is 14.2 Å². The van der Waals surface area contributed by atoms with E-state index >= 15 is 0 Å². The van der Waals surface area contributed by atoms with Gasteiger partial charge in [0.15, 0.2) is 5.82 Å². The minimum atomic E-state index is -1.18. The van der Waals surface area contributed by atoms with Gasteiger partial charge >= 0.3 is 6.09 Å². The number of rotatable bonds is 8. The van der Waals surface area contributed by atoms with Crippen molar-refractivity contribution in [2.75, 3.05) is 52.6 Å². The molecule has 2 atom stereocenters. The van der Waals surface area contributed by atoms with Crippen LogP contribution in [0.5, 0.6) is 5.88 Å². The number of nitrogens with one attached hydrogen (secondary N) is 1. The van der Waals surface area contributed by atoms with Crippen molar-refractivity contribution in [3.63, 3.8) is 0 Å². The predicted octanol–water partition coefficient (Wildman–Crippen LogP) is 0.703. The molecule has 2 aliphatic heterocycles. The van der Waals surface area contributed by atoms with Crippen molar-refractivity contribution in [1.82, 2.24) is 25.1 Å². The van der Waals surface area contributed by atoms with Gasteiger partial charge in [0, 0.05) is 44.2 Å². The largest absolute Gasteiger partial charge is 0.472 e. The molecule has 0 bridgehead atoms. The molecule has 2 saturated heterocycles. The summed E-state index contributed by atoms with van der Waals surface area (Å²) in [5.74, 6) is -0.582. The number of piperazine rings is 1. The minimum Gasteiger partial charge on any atom is -0.472 e. The maximum atomic E-state index is 13.2. The van der Waals surface area contributed by atoms with E-state index in [0.717, 1.165) is 0 Å². The van der Waals surface area contributed by atoms with Gasteiger partial charge in [-0.05, 0) is 6.92 Å². The number of nitrogens with zero attached hydrogens (tertiary/aromatic N) is 4. The Labute approximate surface area is 214 Å². The van der Waals surface area contributed by atoms with Gasteiger partial charge in [0.25, 0.3) is 5.91 Å². The minimum absolute atomic E-state index is 0.00106. The third-order valence-electron chi connectivity index (χ3n) is 6.05. The van der Waals surface area contributed by atoms with Gasteiger partial charge in [-0.1, -0.05) is 30.3 Å². The van der Waals surface area contributed by atoms with Crippen LogP contribution in [0.1, 0.15) is 23.8 Å². The average molecular weight is 514 g/mol. The first-order chi connectivity index (χ1) is 18.0. The molecule has 3 amide bonds. The van der Waals surface area contributed by atoms with Crippen LogP contribution < -0.4 is 10.1 Å². The first-order valence-electron chi connectivity index (χ1n) is 12.3. The average Bonchev–Trinajstić information content (AvgIpc) is 3.44. The Morgan fingerprint density at radius 2 is 1.86 bits per heavy atom. The van der Waals surface area contributed by atoms with Crippen molar-refractivity contribution in [1.29, 1.82) is 0 Å². The van der Waals surface area contributed by atoms with Crippen LogP contribution >= 0.6 is 0 Å². The molecule has 198 valence electrons. The Balaban J connectivity index is 1.46. The zero-order valence-electron chi connectivity index (χ0n) is 20.7. The quantitative estimate of drug-likeness (QED) is 0.521. The van der Waals surface area contributed by atoms with Gasteiger partial charge < -0.3 is 34.4 Å². The predicted molar refractivity (Wildman–Crippen MR) is 131 cm³/mol. The maximum Gasteiger partial charge on any atom is 0.409 e. The number of aliphatic hydroxyl groups is 1. The number of carbonyl (C=O) groups excluding carboxylic acids is 3. The number of ether oxygens (including phenoxy) is 3. The van der Waals surface area contributed by atoms with Gasteiger partial charge in [-0.15, -0.1) is 0 Å². The number of aromatic nitrogens is 2. The lowest BCUT2D eigenvalue weighted by molar-refractivity contribution is -0.135. The summed E-state index contributed by atoms with van der Waals surface area (Å²) in [6.07, 6.45) is 0.0905. The molecule has 12 heteroatoms. The lowest BCUT2D eigenvalue weighted by Crippen LogP contribution is -2.56. The lowest BCUT2D eigenvalue weighted by atomic mass is 10.2. The summed E-state index contributed by atoms with van der Waals surface area (Å²) >= 11 is 0. The van der Waals surface area contributed by atoms with E-state index in [1.807, 2.05) is 30.3 Å². The van der Waals surface area contributed by atoms with Crippen LogP contribution in [0, 0.1) is 0 Å². The van der Waals surface area contributed by atoms with Gasteiger partial charge in [-0.3, -0.25) is 9.59 Å². The molecule has 37 heavy (non-hydrogen) atoms. The van der Waals surface area contributed by atoms with Crippen LogP contribution in [-0.4, -0.2) is 108 Å². The van der Waals surface area contributed by atoms with E-state index in [-0.39, 0.29) is 37.4 Å². The second-order valence-corrected chi connectivity index (χ2v) is 8.60. The highest BCUT2D eigenvalue weighted by Gasteiger charge is 2.31. The number of aliphatic hydroxyl groups excluding tert-OH is 1. The highest BCUT2D eigenvalue weighted by molar-refractivity contribution is 5.96. The van der Waals surface area contributed by atoms with Crippen LogP contribution in [-0.2, 0) is 14.3 Å². The highest BCUT2D eigenvalue weighted by Crippen LogP contribution is 2.21. The molecular weight excluding hydrogens is 482 g/mol. The summed E-state index contributed by atoms with van der Waals surface area (Å²) in [4.78, 5) is 49.9. The first-order valence-corrected chi connectivity index (χ1v) is 12.3. The van der Waals surface area contributed by atoms with Crippen molar-refractivity contribution in [3.8, 4) is 17.3 Å². The van der Waals surface area contributed by atoms with Crippen molar-refractivity contribution < 1.29 is 33.7 Å². The summed E-state index contributed by atoms with van der Waals surface area (Å²) in [7, 11) is 0. The zero-order chi connectivity index (χ0) is 26.2. The fourth-order valence-corrected chi connectivity index (χ4v) is 4.06. The summed E-state index contributed by atoms with van der Waals surface area (Å²) in [5, 5.41) is 12.5. The maximum absolute atomic E-state index is 13.2. The van der Waals surface area contributed by atoms with Crippen LogP contribution in [0.4, 0.5) is 4.79 Å². The van der Waals surface area contributed by atoms with Gasteiger partial charge in [0.1, 0.15) is 17.8 Å². The molecule has 2 aromatic rings. The summed E-state index contributed by atoms with van der Waals surface area (Å²) in [6, 6.07) is 9.39. The molecule has 0 spiro atoms. The number of hydrogen-bond donors (Lipinski definition) is 2. The molecule has 2 fully saturated rings. The Kier molecular flexibility index (Phi) is 8.86. The van der Waals surface area contributed by atoms with E-state index in [9.17, 15) is 19.5 Å². The molecule has 1 aromatic heterocycles. The molecular formula is C25H31N5O7. The molecule has 3 heterocycles. The van der Waals surface area contributed by atoms with E-state index in [1.165, 1.54) is 15.9 Å². The molecule has 0 radical (unpaired) electrons. The normalized spacial score (nSPS) is 18.3. The molecule has 12 nitrogen and oxygen atoms in total. The second-order valence-electron chi connectivity index (χ2n) is 8.60. The van der Waals surface area contributed by atoms with E-state index in [1.54, 1.807) is 6.92 Å². The molecule has 1 aromatic carbocycles. The fourth-order valence-electron chi connectivity index (χ4n) is 4.06. The third kappa shape index (κ3) is 6.71. The van der Waals surface area contributed by atoms with Gasteiger partial charge in [0.05, 0.1) is 26.4 Å². The summed E-state index contributed by atoms with van der Waals surface area (Å²) in [6.45, 7) is 3.54. The number of benzene rings is 1. The molecule has 0 saturated carbocycles. The van der Waals surface area contributed by atoms with E-state index < -0.39 is 30.6 Å². The van der Waals surface area contributed by atoms with Crippen molar-refractivity contribution in [2.45, 2.75) is 25.5 Å². The van der Waals surface area contributed by atoms with Crippen LogP contribution in [0.25, 0.3) is 11.4 Å². The molecule has 2 aliphatic rings. The molecule has 0 aliphatic carbocycles. The number of amides is 3. The van der Waals surface area contributed by atoms with Crippen molar-refractivity contribution >= 4 is 17.9 Å². The zero-order valence-corrected chi connectivity index (χ0v) is 20.7. The van der Waals surface area contributed by atoms with Crippen LogP contribution in [0.3, 0.4) is 0 Å². The number of carbonyl (C=O) groups is 3. The lowest BCUT2D eigenvalue weighted by Gasteiger charge is -2.35. The monoisotopic (exact) mass is 513 g/mol. The topological polar surface area (TPSA) is 143 Å². The Hall–Kier alpha value is -3.77. The van der Waals surface area contributed by atoms with Gasteiger partial charge in [-0.25, -0.2) is 9.78 Å². The summed E-state index contributed by atoms with van der Waals surface area (Å²) in [5.41, 5.74) is 0.695. The SMILES string of the molecule is CCOC(=O)N1CCN(C(=O)C(CO)NC(=O)c2cc(OC3CCOC3)nc(-c3ccccc3)n2)CC1. The van der Waals surface area contributed by atoms with Gasteiger partial charge in [-0.2, -0.15) is 4.98 Å². The van der Waals surface area contributed by atoms with E-state index in [0.29, 0.717) is 44.1 Å². The summed E-state index contributed by atoms with van der Waals surface area (Å²) < 4.78 is 16.3. The standard InChI is InChI=1S/C25H31N5O7/c1-2-36-25(34)30-11-9-29(10-12-30)24(33)20(15-31)27-23(32)19-14-21(37-18-8-13-35-16-18)28-22(26-19)17-6-4-3-5-7-17/h3-7,14,18,20,31H,2,8-13,15-16H2,1H3,(H,27,32). The first kappa shape index (κ1) is 26.3. The fraction of sp³-hybridized carbons (Fsp3) is 0.480. The molecule has 2 N–H and O–H groups in total. The van der Waals surface area contributed by atoms with Gasteiger partial charge in [0.2, 0.25) is 11.8 Å². The smallest absolute Gasteiger partial charge is 0.409 e.